The highest BCUT2D eigenvalue weighted by Crippen LogP contribution is 2.14. The molecule has 0 saturated carbocycles. The van der Waals surface area contributed by atoms with Gasteiger partial charge in [-0.1, -0.05) is 30.3 Å². The van der Waals surface area contributed by atoms with Gasteiger partial charge in [0, 0.05) is 6.42 Å². The van der Waals surface area contributed by atoms with Crippen LogP contribution in [-0.2, 0) is 6.42 Å². The van der Waals surface area contributed by atoms with Crippen LogP contribution >= 0.6 is 0 Å². The highest BCUT2D eigenvalue weighted by molar-refractivity contribution is 5.33. The monoisotopic (exact) mass is 217 g/mol. The predicted octanol–water partition coefficient (Wildman–Crippen LogP) is 0.648. The number of nitrogens with two attached hydrogens (primary N) is 1. The fourth-order valence-electron chi connectivity index (χ4n) is 1.46. The number of nitrogen functional groups attached to an aromatic ring is 1. The zero-order valence-electron chi connectivity index (χ0n) is 8.47. The van der Waals surface area contributed by atoms with Gasteiger partial charge in [0.2, 0.25) is 11.8 Å². The fraction of sp³-hybridized carbons (Fsp3) is 0.0909. The van der Waals surface area contributed by atoms with Crippen LogP contribution in [0.1, 0.15) is 11.1 Å². The van der Waals surface area contributed by atoms with Gasteiger partial charge in [0.25, 0.3) is 5.56 Å². The summed E-state index contributed by atoms with van der Waals surface area (Å²) in [6.07, 6.45) is 0.329. The van der Waals surface area contributed by atoms with Gasteiger partial charge in [-0.15, -0.1) is 0 Å². The summed E-state index contributed by atoms with van der Waals surface area (Å²) in [4.78, 5) is 17.5. The molecule has 0 unspecified atom stereocenters. The Morgan fingerprint density at radius 2 is 2.00 bits per heavy atom. The number of benzene rings is 1. The van der Waals surface area contributed by atoms with E-state index in [4.69, 9.17) is 5.73 Å². The zero-order valence-corrected chi connectivity index (χ0v) is 8.47. The minimum atomic E-state index is -0.408. The lowest BCUT2D eigenvalue weighted by atomic mass is 10.1. The van der Waals surface area contributed by atoms with Gasteiger partial charge < -0.3 is 10.8 Å². The van der Waals surface area contributed by atoms with E-state index in [2.05, 4.69) is 9.97 Å². The van der Waals surface area contributed by atoms with Crippen LogP contribution in [0.25, 0.3) is 0 Å². The second-order valence-corrected chi connectivity index (χ2v) is 3.42. The lowest BCUT2D eigenvalue weighted by molar-refractivity contribution is 0.445. The largest absolute Gasteiger partial charge is 0.493 e. The van der Waals surface area contributed by atoms with Crippen LogP contribution in [0.2, 0.25) is 0 Å². The van der Waals surface area contributed by atoms with Crippen molar-refractivity contribution in [1.29, 1.82) is 0 Å². The van der Waals surface area contributed by atoms with Gasteiger partial charge in [-0.3, -0.25) is 9.78 Å². The highest BCUT2D eigenvalue weighted by Gasteiger charge is 2.09. The van der Waals surface area contributed by atoms with Crippen LogP contribution in [0, 0.1) is 0 Å². The van der Waals surface area contributed by atoms with E-state index in [-0.39, 0.29) is 17.4 Å². The molecule has 4 N–H and O–H groups in total. The summed E-state index contributed by atoms with van der Waals surface area (Å²) < 4.78 is 0. The molecule has 0 bridgehead atoms. The number of aromatic amines is 1. The Kier molecular flexibility index (Phi) is 2.59. The summed E-state index contributed by atoms with van der Waals surface area (Å²) in [6.45, 7) is 0. The molecule has 0 aliphatic rings. The molecule has 1 heterocycles. The third kappa shape index (κ3) is 2.03. The van der Waals surface area contributed by atoms with Crippen molar-refractivity contribution in [3.8, 4) is 5.88 Å². The Morgan fingerprint density at radius 1 is 1.31 bits per heavy atom. The van der Waals surface area contributed by atoms with Gasteiger partial charge >= 0.3 is 0 Å². The van der Waals surface area contributed by atoms with Crippen molar-refractivity contribution >= 4 is 5.95 Å². The molecule has 0 amide bonds. The molecule has 0 radical (unpaired) electrons. The maximum Gasteiger partial charge on any atom is 0.259 e. The Morgan fingerprint density at radius 3 is 2.62 bits per heavy atom. The van der Waals surface area contributed by atoms with Crippen LogP contribution in [0.15, 0.2) is 35.1 Å². The molecule has 82 valence electrons. The number of rotatable bonds is 2. The van der Waals surface area contributed by atoms with Gasteiger partial charge in [0.15, 0.2) is 0 Å². The summed E-state index contributed by atoms with van der Waals surface area (Å²) >= 11 is 0. The van der Waals surface area contributed by atoms with Gasteiger partial charge in [-0.25, -0.2) is 0 Å². The van der Waals surface area contributed by atoms with Gasteiger partial charge in [-0.05, 0) is 5.56 Å². The second kappa shape index (κ2) is 4.06. The van der Waals surface area contributed by atoms with Crippen molar-refractivity contribution in [3.05, 3.63) is 51.8 Å². The van der Waals surface area contributed by atoms with E-state index in [0.717, 1.165) is 5.56 Å². The Balaban J connectivity index is 2.39. The molecule has 0 aliphatic heterocycles. The smallest absolute Gasteiger partial charge is 0.259 e. The number of hydrogen-bond donors (Lipinski definition) is 3. The number of H-pyrrole nitrogens is 1. The fourth-order valence-corrected chi connectivity index (χ4v) is 1.46. The van der Waals surface area contributed by atoms with Gasteiger partial charge in [0.05, 0.1) is 5.56 Å². The quantitative estimate of drug-likeness (QED) is 0.688. The zero-order chi connectivity index (χ0) is 11.5. The third-order valence-electron chi connectivity index (χ3n) is 2.24. The molecule has 16 heavy (non-hydrogen) atoms. The number of aromatic hydroxyl groups is 1. The van der Waals surface area contributed by atoms with E-state index in [9.17, 15) is 9.90 Å². The predicted molar refractivity (Wildman–Crippen MR) is 60.2 cm³/mol. The summed E-state index contributed by atoms with van der Waals surface area (Å²) in [5, 5.41) is 9.52. The normalized spacial score (nSPS) is 10.2. The summed E-state index contributed by atoms with van der Waals surface area (Å²) in [7, 11) is 0. The standard InChI is InChI=1S/C11H11N3O2/c12-11-13-9(15)8(10(16)14-11)6-7-4-2-1-3-5-7/h1-5H,6H2,(H4,12,13,14,15,16). The average Bonchev–Trinajstić information content (AvgIpc) is 2.25. The summed E-state index contributed by atoms with van der Waals surface area (Å²) in [6, 6.07) is 9.36. The molecule has 0 spiro atoms. The van der Waals surface area contributed by atoms with Crippen LogP contribution in [0.3, 0.4) is 0 Å². The van der Waals surface area contributed by atoms with Crippen molar-refractivity contribution in [2.24, 2.45) is 0 Å². The van der Waals surface area contributed by atoms with Crippen LogP contribution < -0.4 is 11.3 Å². The van der Waals surface area contributed by atoms with E-state index >= 15 is 0 Å². The highest BCUT2D eigenvalue weighted by atomic mass is 16.3. The molecule has 1 aromatic heterocycles. The molecular weight excluding hydrogens is 206 g/mol. The lowest BCUT2D eigenvalue weighted by Crippen LogP contribution is -2.16. The number of aromatic nitrogens is 2. The Bertz CT molecular complexity index is 549. The Labute approximate surface area is 91.6 Å². The number of hydrogen-bond acceptors (Lipinski definition) is 4. The van der Waals surface area contributed by atoms with E-state index in [1.165, 1.54) is 0 Å². The Hall–Kier alpha value is -2.30. The van der Waals surface area contributed by atoms with Crippen LogP contribution in [0.5, 0.6) is 5.88 Å². The topological polar surface area (TPSA) is 92.0 Å². The first-order chi connectivity index (χ1) is 7.66. The van der Waals surface area contributed by atoms with Crippen molar-refractivity contribution in [2.75, 3.05) is 5.73 Å². The minimum Gasteiger partial charge on any atom is -0.493 e. The maximum absolute atomic E-state index is 11.5. The van der Waals surface area contributed by atoms with Crippen LogP contribution in [0.4, 0.5) is 5.95 Å². The molecular formula is C11H11N3O2. The number of nitrogens with one attached hydrogen (secondary N) is 1. The van der Waals surface area contributed by atoms with Crippen molar-refractivity contribution in [2.45, 2.75) is 6.42 Å². The third-order valence-corrected chi connectivity index (χ3v) is 2.24. The minimum absolute atomic E-state index is 0.0840. The molecule has 5 nitrogen and oxygen atoms in total. The molecule has 0 saturated heterocycles. The van der Waals surface area contributed by atoms with E-state index < -0.39 is 5.56 Å². The first kappa shape index (κ1) is 10.2. The number of anilines is 1. The first-order valence-electron chi connectivity index (χ1n) is 4.78. The van der Waals surface area contributed by atoms with Gasteiger partial charge in [-0.2, -0.15) is 4.98 Å². The average molecular weight is 217 g/mol. The van der Waals surface area contributed by atoms with Crippen molar-refractivity contribution in [1.82, 2.24) is 9.97 Å². The molecule has 0 aliphatic carbocycles. The van der Waals surface area contributed by atoms with Crippen molar-refractivity contribution in [3.63, 3.8) is 0 Å². The van der Waals surface area contributed by atoms with Gasteiger partial charge in [0.1, 0.15) is 0 Å². The van der Waals surface area contributed by atoms with Crippen LogP contribution in [-0.4, -0.2) is 15.1 Å². The van der Waals surface area contributed by atoms with Crippen molar-refractivity contribution < 1.29 is 5.11 Å². The number of nitrogens with zero attached hydrogens (tertiary/aromatic N) is 1. The summed E-state index contributed by atoms with van der Waals surface area (Å²) in [5.74, 6) is -0.399. The van der Waals surface area contributed by atoms with E-state index in [0.29, 0.717) is 6.42 Å². The molecule has 5 heteroatoms. The molecule has 0 fully saturated rings. The molecule has 1 aromatic carbocycles. The summed E-state index contributed by atoms with van der Waals surface area (Å²) in [5.41, 5.74) is 6.03. The SMILES string of the molecule is Nc1nc(O)c(Cc2ccccc2)c(=O)[nH]1. The van der Waals surface area contributed by atoms with E-state index in [1.54, 1.807) is 0 Å². The lowest BCUT2D eigenvalue weighted by Gasteiger charge is -2.03. The maximum atomic E-state index is 11.5. The molecule has 2 aromatic rings. The van der Waals surface area contributed by atoms with E-state index in [1.807, 2.05) is 30.3 Å². The second-order valence-electron chi connectivity index (χ2n) is 3.42. The molecule has 2 rings (SSSR count). The molecule has 0 atom stereocenters. The first-order valence-corrected chi connectivity index (χ1v) is 4.78.